The molecular weight excluding hydrogens is 347 g/mol. The van der Waals surface area contributed by atoms with Crippen molar-refractivity contribution in [3.05, 3.63) is 65.7 Å². The Morgan fingerprint density at radius 1 is 1.30 bits per heavy atom. The van der Waals surface area contributed by atoms with Gasteiger partial charge < -0.3 is 10.6 Å². The number of carbonyl (C=O) groups is 2. The monoisotopic (exact) mass is 370 g/mol. The molecule has 0 saturated carbocycles. The Labute approximate surface area is 157 Å². The second-order valence-electron chi connectivity index (χ2n) is 6.51. The molecule has 0 spiro atoms. The van der Waals surface area contributed by atoms with Gasteiger partial charge in [0.2, 0.25) is 11.8 Å². The Hall–Kier alpha value is -2.80. The molecule has 7 heteroatoms. The topological polar surface area (TPSA) is 74.3 Å². The van der Waals surface area contributed by atoms with E-state index >= 15 is 0 Å². The summed E-state index contributed by atoms with van der Waals surface area (Å²) >= 11 is 0. The summed E-state index contributed by atoms with van der Waals surface area (Å²) in [5, 5.41) is 5.50. The number of carbonyl (C=O) groups excluding carboxylic acids is 2. The van der Waals surface area contributed by atoms with Gasteiger partial charge in [-0.3, -0.25) is 19.5 Å². The lowest BCUT2D eigenvalue weighted by atomic mass is 10.0. The van der Waals surface area contributed by atoms with Crippen LogP contribution in [-0.4, -0.2) is 41.3 Å². The number of halogens is 1. The van der Waals surface area contributed by atoms with Gasteiger partial charge in [-0.05, 0) is 30.5 Å². The number of benzene rings is 1. The number of hydrogen-bond donors (Lipinski definition) is 2. The molecule has 3 rings (SSSR count). The number of likely N-dealkylation sites (tertiary alicyclic amines) is 1. The molecule has 2 atom stereocenters. The van der Waals surface area contributed by atoms with Gasteiger partial charge in [0, 0.05) is 38.1 Å². The summed E-state index contributed by atoms with van der Waals surface area (Å²) in [7, 11) is 1.52. The Morgan fingerprint density at radius 2 is 2.11 bits per heavy atom. The van der Waals surface area contributed by atoms with E-state index in [0.29, 0.717) is 19.5 Å². The highest BCUT2D eigenvalue weighted by molar-refractivity contribution is 5.86. The Balaban J connectivity index is 1.78. The van der Waals surface area contributed by atoms with E-state index in [1.54, 1.807) is 35.5 Å². The van der Waals surface area contributed by atoms with Crippen LogP contribution in [0.5, 0.6) is 0 Å². The number of likely N-dealkylation sites (N-methyl/N-ethyl adjacent to an activating group) is 1. The van der Waals surface area contributed by atoms with E-state index in [4.69, 9.17) is 0 Å². The quantitative estimate of drug-likeness (QED) is 0.813. The maximum absolute atomic E-state index is 14.4. The van der Waals surface area contributed by atoms with Crippen molar-refractivity contribution >= 4 is 11.8 Å². The molecule has 0 radical (unpaired) electrons. The molecule has 6 nitrogen and oxygen atoms in total. The highest BCUT2D eigenvalue weighted by atomic mass is 19.1. The van der Waals surface area contributed by atoms with Crippen LogP contribution >= 0.6 is 0 Å². The van der Waals surface area contributed by atoms with Crippen LogP contribution in [0, 0.1) is 5.82 Å². The Morgan fingerprint density at radius 3 is 2.81 bits per heavy atom. The van der Waals surface area contributed by atoms with Gasteiger partial charge in [-0.25, -0.2) is 4.39 Å². The van der Waals surface area contributed by atoms with E-state index in [2.05, 4.69) is 15.6 Å². The SMILES string of the molecule is CNC(=O)[C@@H](c1ccccc1F)N1CCC[C@H]1C(=O)NCc1cccnc1. The summed E-state index contributed by atoms with van der Waals surface area (Å²) in [6.45, 7) is 0.915. The van der Waals surface area contributed by atoms with Crippen LogP contribution in [-0.2, 0) is 16.1 Å². The van der Waals surface area contributed by atoms with Crippen LogP contribution in [0.15, 0.2) is 48.8 Å². The van der Waals surface area contributed by atoms with Crippen molar-refractivity contribution in [2.24, 2.45) is 0 Å². The average Bonchev–Trinajstić information content (AvgIpc) is 3.18. The van der Waals surface area contributed by atoms with E-state index in [9.17, 15) is 14.0 Å². The zero-order valence-corrected chi connectivity index (χ0v) is 15.2. The highest BCUT2D eigenvalue weighted by Crippen LogP contribution is 2.31. The predicted octanol–water partition coefficient (Wildman–Crippen LogP) is 1.79. The zero-order valence-electron chi connectivity index (χ0n) is 15.2. The summed E-state index contributed by atoms with van der Waals surface area (Å²) in [4.78, 5) is 31.1. The smallest absolute Gasteiger partial charge is 0.241 e. The third-order valence-electron chi connectivity index (χ3n) is 4.81. The van der Waals surface area contributed by atoms with E-state index in [0.717, 1.165) is 12.0 Å². The lowest BCUT2D eigenvalue weighted by Crippen LogP contribution is -2.48. The van der Waals surface area contributed by atoms with Crippen molar-refractivity contribution in [3.63, 3.8) is 0 Å². The largest absolute Gasteiger partial charge is 0.358 e. The Bertz CT molecular complexity index is 800. The molecule has 142 valence electrons. The maximum Gasteiger partial charge on any atom is 0.241 e. The molecule has 2 heterocycles. The third-order valence-corrected chi connectivity index (χ3v) is 4.81. The van der Waals surface area contributed by atoms with Crippen LogP contribution in [0.2, 0.25) is 0 Å². The summed E-state index contributed by atoms with van der Waals surface area (Å²) in [5.74, 6) is -0.943. The van der Waals surface area contributed by atoms with Crippen molar-refractivity contribution in [3.8, 4) is 0 Å². The second kappa shape index (κ2) is 8.73. The molecule has 2 aromatic rings. The van der Waals surface area contributed by atoms with Crippen molar-refractivity contribution in [2.45, 2.75) is 31.5 Å². The van der Waals surface area contributed by atoms with Gasteiger partial charge in [0.1, 0.15) is 11.9 Å². The minimum absolute atomic E-state index is 0.165. The van der Waals surface area contributed by atoms with Gasteiger partial charge in [-0.15, -0.1) is 0 Å². The molecule has 27 heavy (non-hydrogen) atoms. The molecule has 2 N–H and O–H groups in total. The zero-order chi connectivity index (χ0) is 19.2. The number of rotatable bonds is 6. The molecule has 0 bridgehead atoms. The number of amides is 2. The van der Waals surface area contributed by atoms with Gasteiger partial charge in [-0.2, -0.15) is 0 Å². The van der Waals surface area contributed by atoms with Gasteiger partial charge in [-0.1, -0.05) is 24.3 Å². The minimum Gasteiger partial charge on any atom is -0.358 e. The van der Waals surface area contributed by atoms with E-state index < -0.39 is 17.9 Å². The first-order chi connectivity index (χ1) is 13.1. The van der Waals surface area contributed by atoms with Crippen LogP contribution in [0.25, 0.3) is 0 Å². The lowest BCUT2D eigenvalue weighted by Gasteiger charge is -2.31. The molecule has 1 aromatic carbocycles. The Kier molecular flexibility index (Phi) is 6.13. The van der Waals surface area contributed by atoms with Gasteiger partial charge in [0.15, 0.2) is 0 Å². The van der Waals surface area contributed by atoms with Gasteiger partial charge in [0.25, 0.3) is 0 Å². The fourth-order valence-corrected chi connectivity index (χ4v) is 3.49. The lowest BCUT2D eigenvalue weighted by molar-refractivity contribution is -0.131. The number of nitrogens with zero attached hydrogens (tertiary/aromatic N) is 2. The average molecular weight is 370 g/mol. The number of nitrogens with one attached hydrogen (secondary N) is 2. The van der Waals surface area contributed by atoms with Crippen LogP contribution < -0.4 is 10.6 Å². The van der Waals surface area contributed by atoms with Crippen LogP contribution in [0.4, 0.5) is 4.39 Å². The van der Waals surface area contributed by atoms with Gasteiger partial charge >= 0.3 is 0 Å². The summed E-state index contributed by atoms with van der Waals surface area (Å²) in [6, 6.07) is 8.58. The highest BCUT2D eigenvalue weighted by Gasteiger charge is 2.39. The van der Waals surface area contributed by atoms with E-state index in [-0.39, 0.29) is 17.4 Å². The van der Waals surface area contributed by atoms with Crippen molar-refractivity contribution in [1.82, 2.24) is 20.5 Å². The molecule has 1 aromatic heterocycles. The molecule has 2 amide bonds. The maximum atomic E-state index is 14.4. The normalized spacial score (nSPS) is 18.1. The fraction of sp³-hybridized carbons (Fsp3) is 0.350. The van der Waals surface area contributed by atoms with E-state index in [1.807, 2.05) is 12.1 Å². The van der Waals surface area contributed by atoms with E-state index in [1.165, 1.54) is 13.1 Å². The molecule has 0 aliphatic carbocycles. The number of hydrogen-bond acceptors (Lipinski definition) is 4. The number of aromatic nitrogens is 1. The third kappa shape index (κ3) is 4.31. The van der Waals surface area contributed by atoms with Crippen LogP contribution in [0.3, 0.4) is 0 Å². The molecule has 1 fully saturated rings. The van der Waals surface area contributed by atoms with Gasteiger partial charge in [0.05, 0.1) is 6.04 Å². The van der Waals surface area contributed by atoms with Crippen molar-refractivity contribution in [1.29, 1.82) is 0 Å². The van der Waals surface area contributed by atoms with Crippen molar-refractivity contribution < 1.29 is 14.0 Å². The molecule has 1 aliphatic heterocycles. The fourth-order valence-electron chi connectivity index (χ4n) is 3.49. The molecule has 1 saturated heterocycles. The minimum atomic E-state index is -0.840. The predicted molar refractivity (Wildman–Crippen MR) is 99.0 cm³/mol. The molecular formula is C20H23FN4O2. The first-order valence-corrected chi connectivity index (χ1v) is 9.00. The molecule has 1 aliphatic rings. The summed E-state index contributed by atoms with van der Waals surface area (Å²) < 4.78 is 14.4. The first kappa shape index (κ1) is 19.0. The standard InChI is InChI=1S/C20H23FN4O2/c1-22-20(27)18(15-7-2-3-8-16(15)21)25-11-5-9-17(25)19(26)24-13-14-6-4-10-23-12-14/h2-4,6-8,10,12,17-18H,5,9,11,13H2,1H3,(H,22,27)(H,24,26)/t17-,18+/m0/s1. The van der Waals surface area contributed by atoms with Crippen LogP contribution in [0.1, 0.15) is 30.0 Å². The molecule has 0 unspecified atom stereocenters. The summed E-state index contributed by atoms with van der Waals surface area (Å²) in [5.41, 5.74) is 1.18. The first-order valence-electron chi connectivity index (χ1n) is 9.00. The summed E-state index contributed by atoms with van der Waals surface area (Å²) in [6.07, 6.45) is 4.76. The second-order valence-corrected chi connectivity index (χ2v) is 6.51. The van der Waals surface area contributed by atoms with Crippen molar-refractivity contribution in [2.75, 3.05) is 13.6 Å². The number of pyridine rings is 1.